The van der Waals surface area contributed by atoms with Crippen LogP contribution in [0.1, 0.15) is 21.5 Å². The quantitative estimate of drug-likeness (QED) is 0.864. The Balaban J connectivity index is 2.32. The maximum Gasteiger partial charge on any atom is 0.259 e. The van der Waals surface area contributed by atoms with Crippen molar-refractivity contribution in [3.8, 4) is 5.75 Å². The number of phenolic OH excluding ortho intramolecular Hbond substituents is 1. The molecule has 1 amide bonds. The first-order valence-corrected chi connectivity index (χ1v) is 6.74. The molecule has 104 valence electrons. The largest absolute Gasteiger partial charge is 0.507 e. The van der Waals surface area contributed by atoms with Gasteiger partial charge in [0.2, 0.25) is 0 Å². The van der Waals surface area contributed by atoms with Crippen molar-refractivity contribution in [2.75, 3.05) is 5.32 Å². The Labute approximate surface area is 124 Å². The van der Waals surface area contributed by atoms with Crippen molar-refractivity contribution in [3.05, 3.63) is 57.3 Å². The van der Waals surface area contributed by atoms with E-state index in [9.17, 15) is 14.3 Å². The lowest BCUT2D eigenvalue weighted by molar-refractivity contribution is 0.102. The lowest BCUT2D eigenvalue weighted by atomic mass is 10.1. The number of phenols is 1. The number of hydrogen-bond acceptors (Lipinski definition) is 2. The van der Waals surface area contributed by atoms with Crippen molar-refractivity contribution in [1.29, 1.82) is 0 Å². The number of carbonyl (C=O) groups is 1. The molecule has 0 fully saturated rings. The summed E-state index contributed by atoms with van der Waals surface area (Å²) in [6, 6.07) is 7.60. The number of benzene rings is 2. The fraction of sp³-hybridized carbons (Fsp3) is 0.133. The van der Waals surface area contributed by atoms with E-state index in [-0.39, 0.29) is 21.6 Å². The van der Waals surface area contributed by atoms with Gasteiger partial charge in [-0.15, -0.1) is 0 Å². The van der Waals surface area contributed by atoms with Gasteiger partial charge in [0.1, 0.15) is 11.6 Å². The van der Waals surface area contributed by atoms with Crippen LogP contribution in [0.15, 0.2) is 34.8 Å². The monoisotopic (exact) mass is 337 g/mol. The van der Waals surface area contributed by atoms with E-state index in [1.165, 1.54) is 18.2 Å². The first kappa shape index (κ1) is 14.5. The normalized spacial score (nSPS) is 10.4. The van der Waals surface area contributed by atoms with E-state index in [0.29, 0.717) is 11.3 Å². The van der Waals surface area contributed by atoms with Gasteiger partial charge in [0, 0.05) is 5.69 Å². The summed E-state index contributed by atoms with van der Waals surface area (Å²) in [5.41, 5.74) is 2.14. The minimum Gasteiger partial charge on any atom is -0.507 e. The molecule has 0 saturated heterocycles. The molecule has 0 saturated carbocycles. The van der Waals surface area contributed by atoms with Gasteiger partial charge >= 0.3 is 0 Å². The van der Waals surface area contributed by atoms with Crippen LogP contribution in [0.3, 0.4) is 0 Å². The van der Waals surface area contributed by atoms with Crippen LogP contribution in [0.4, 0.5) is 10.1 Å². The van der Waals surface area contributed by atoms with Crippen LogP contribution in [0.25, 0.3) is 0 Å². The molecule has 20 heavy (non-hydrogen) atoms. The van der Waals surface area contributed by atoms with Crippen LogP contribution >= 0.6 is 15.9 Å². The third-order valence-electron chi connectivity index (χ3n) is 2.91. The van der Waals surface area contributed by atoms with Crippen molar-refractivity contribution >= 4 is 27.5 Å². The Kier molecular flexibility index (Phi) is 4.09. The number of aryl methyl sites for hydroxylation is 2. The Morgan fingerprint density at radius 3 is 2.65 bits per heavy atom. The second kappa shape index (κ2) is 5.63. The van der Waals surface area contributed by atoms with Gasteiger partial charge in [0.25, 0.3) is 5.91 Å². The van der Waals surface area contributed by atoms with Crippen LogP contribution in [-0.4, -0.2) is 11.0 Å². The molecule has 0 aliphatic carbocycles. The van der Waals surface area contributed by atoms with E-state index < -0.39 is 5.91 Å². The van der Waals surface area contributed by atoms with E-state index in [2.05, 4.69) is 21.2 Å². The summed E-state index contributed by atoms with van der Waals surface area (Å²) in [6.07, 6.45) is 0. The Morgan fingerprint density at radius 1 is 1.25 bits per heavy atom. The molecular formula is C15H13BrFNO2. The Hall–Kier alpha value is -1.88. The van der Waals surface area contributed by atoms with E-state index >= 15 is 0 Å². The molecule has 0 radical (unpaired) electrons. The van der Waals surface area contributed by atoms with Gasteiger partial charge in [-0.25, -0.2) is 4.39 Å². The van der Waals surface area contributed by atoms with E-state index in [0.717, 1.165) is 5.56 Å². The fourth-order valence-corrected chi connectivity index (χ4v) is 2.15. The maximum atomic E-state index is 13.3. The Morgan fingerprint density at radius 2 is 1.95 bits per heavy atom. The summed E-state index contributed by atoms with van der Waals surface area (Å²) in [7, 11) is 0. The molecule has 0 spiro atoms. The number of aromatic hydroxyl groups is 1. The zero-order valence-electron chi connectivity index (χ0n) is 11.0. The van der Waals surface area contributed by atoms with Crippen LogP contribution < -0.4 is 5.32 Å². The minimum atomic E-state index is -0.437. The number of halogens is 2. The number of anilines is 1. The van der Waals surface area contributed by atoms with Crippen LogP contribution in [0.5, 0.6) is 5.75 Å². The molecule has 2 aromatic rings. The highest BCUT2D eigenvalue weighted by Gasteiger charge is 2.13. The van der Waals surface area contributed by atoms with Crippen molar-refractivity contribution < 1.29 is 14.3 Å². The predicted octanol–water partition coefficient (Wildman–Crippen LogP) is 4.16. The maximum absolute atomic E-state index is 13.3. The molecule has 0 heterocycles. The van der Waals surface area contributed by atoms with E-state index in [1.54, 1.807) is 19.1 Å². The molecule has 0 atom stereocenters. The van der Waals surface area contributed by atoms with Crippen LogP contribution in [0, 0.1) is 19.7 Å². The number of amides is 1. The molecule has 2 aromatic carbocycles. The van der Waals surface area contributed by atoms with Crippen molar-refractivity contribution in [3.63, 3.8) is 0 Å². The summed E-state index contributed by atoms with van der Waals surface area (Å²) < 4.78 is 13.6. The van der Waals surface area contributed by atoms with Gasteiger partial charge < -0.3 is 10.4 Å². The zero-order chi connectivity index (χ0) is 14.9. The average Bonchev–Trinajstić information content (AvgIpc) is 2.38. The first-order chi connectivity index (χ1) is 9.38. The van der Waals surface area contributed by atoms with Gasteiger partial charge in [-0.2, -0.15) is 0 Å². The predicted molar refractivity (Wildman–Crippen MR) is 79.6 cm³/mol. The minimum absolute atomic E-state index is 0.0908. The highest BCUT2D eigenvalue weighted by atomic mass is 79.9. The third-order valence-corrected chi connectivity index (χ3v) is 3.52. The molecule has 0 bridgehead atoms. The van der Waals surface area contributed by atoms with Crippen molar-refractivity contribution in [1.82, 2.24) is 0 Å². The molecule has 2 rings (SSSR count). The van der Waals surface area contributed by atoms with Crippen LogP contribution in [-0.2, 0) is 0 Å². The van der Waals surface area contributed by atoms with E-state index in [4.69, 9.17) is 0 Å². The lowest BCUT2D eigenvalue weighted by Crippen LogP contribution is -2.13. The standard InChI is InChI=1S/C15H13BrFNO2/c1-8-3-4-14(19)10(5-8)15(20)18-13-7-11(16)12(17)6-9(13)2/h3-7,19H,1-2H3,(H,18,20). The highest BCUT2D eigenvalue weighted by Crippen LogP contribution is 2.26. The summed E-state index contributed by atoms with van der Waals surface area (Å²) in [5.74, 6) is -0.918. The second-order valence-electron chi connectivity index (χ2n) is 4.56. The topological polar surface area (TPSA) is 49.3 Å². The summed E-state index contributed by atoms with van der Waals surface area (Å²) in [4.78, 5) is 12.2. The summed E-state index contributed by atoms with van der Waals surface area (Å²) in [5, 5.41) is 12.4. The highest BCUT2D eigenvalue weighted by molar-refractivity contribution is 9.10. The molecule has 0 unspecified atom stereocenters. The molecule has 5 heteroatoms. The summed E-state index contributed by atoms with van der Waals surface area (Å²) >= 11 is 3.08. The third kappa shape index (κ3) is 2.99. The van der Waals surface area contributed by atoms with E-state index in [1.807, 2.05) is 6.92 Å². The molecule has 2 N–H and O–H groups in total. The second-order valence-corrected chi connectivity index (χ2v) is 5.41. The number of carbonyl (C=O) groups excluding carboxylic acids is 1. The smallest absolute Gasteiger partial charge is 0.259 e. The Bertz CT molecular complexity index is 686. The van der Waals surface area contributed by atoms with Crippen molar-refractivity contribution in [2.24, 2.45) is 0 Å². The summed E-state index contributed by atoms with van der Waals surface area (Å²) in [6.45, 7) is 3.52. The molecular weight excluding hydrogens is 325 g/mol. The zero-order valence-corrected chi connectivity index (χ0v) is 12.6. The SMILES string of the molecule is Cc1ccc(O)c(C(=O)Nc2cc(Br)c(F)cc2C)c1. The van der Waals surface area contributed by atoms with Crippen LogP contribution in [0.2, 0.25) is 0 Å². The van der Waals surface area contributed by atoms with Gasteiger partial charge in [-0.3, -0.25) is 4.79 Å². The number of rotatable bonds is 2. The lowest BCUT2D eigenvalue weighted by Gasteiger charge is -2.11. The average molecular weight is 338 g/mol. The molecule has 0 aliphatic rings. The molecule has 0 aromatic heterocycles. The number of nitrogens with one attached hydrogen (secondary N) is 1. The molecule has 0 aliphatic heterocycles. The number of hydrogen-bond donors (Lipinski definition) is 2. The van der Waals surface area contributed by atoms with Crippen molar-refractivity contribution in [2.45, 2.75) is 13.8 Å². The molecule has 3 nitrogen and oxygen atoms in total. The van der Waals surface area contributed by atoms with Gasteiger partial charge in [0.05, 0.1) is 10.0 Å². The van der Waals surface area contributed by atoms with Gasteiger partial charge in [0.15, 0.2) is 0 Å². The van der Waals surface area contributed by atoms with Gasteiger partial charge in [-0.05, 0) is 59.6 Å². The first-order valence-electron chi connectivity index (χ1n) is 5.95. The fourth-order valence-electron chi connectivity index (χ4n) is 1.80. The van der Waals surface area contributed by atoms with Gasteiger partial charge in [-0.1, -0.05) is 11.6 Å².